The van der Waals surface area contributed by atoms with Gasteiger partial charge in [-0.3, -0.25) is 4.79 Å². The molecule has 0 aliphatic heterocycles. The van der Waals surface area contributed by atoms with E-state index in [1.165, 1.54) is 0 Å². The number of fused-ring (bicyclic) bond motifs is 1. The maximum absolute atomic E-state index is 12.4. The maximum atomic E-state index is 12.4. The largest absolute Gasteiger partial charge is 0.477 e. The average Bonchev–Trinajstić information content (AvgIpc) is 2.72. The summed E-state index contributed by atoms with van der Waals surface area (Å²) in [4.78, 5) is 25.7. The van der Waals surface area contributed by atoms with Crippen LogP contribution in [0.3, 0.4) is 0 Å². The average molecular weight is 302 g/mol. The van der Waals surface area contributed by atoms with E-state index in [2.05, 4.69) is 0 Å². The van der Waals surface area contributed by atoms with Gasteiger partial charge in [-0.1, -0.05) is 11.6 Å². The molecule has 0 unspecified atom stereocenters. The number of carboxylic acids is 1. The highest BCUT2D eigenvalue weighted by Crippen LogP contribution is 2.27. The standard InChI is InChI=1S/C17H22N2O3/c1-5-18(6-2)15(20)10-19-14-8-7-11(3)9-13(14)12(4)16(19)17(21)22/h7-9H,5-6,10H2,1-4H3,(H,21,22). The smallest absolute Gasteiger partial charge is 0.352 e. The fourth-order valence-corrected chi connectivity index (χ4v) is 2.89. The van der Waals surface area contributed by atoms with Crippen LogP contribution in [0.2, 0.25) is 0 Å². The van der Waals surface area contributed by atoms with E-state index in [0.717, 1.165) is 16.5 Å². The zero-order valence-corrected chi connectivity index (χ0v) is 13.5. The van der Waals surface area contributed by atoms with Crippen LogP contribution in [0.1, 0.15) is 35.5 Å². The van der Waals surface area contributed by atoms with Crippen molar-refractivity contribution in [1.29, 1.82) is 0 Å². The summed E-state index contributed by atoms with van der Waals surface area (Å²) >= 11 is 0. The lowest BCUT2D eigenvalue weighted by atomic mass is 10.1. The number of hydrogen-bond donors (Lipinski definition) is 1. The molecule has 0 aliphatic rings. The Morgan fingerprint density at radius 3 is 2.36 bits per heavy atom. The molecule has 0 bridgehead atoms. The monoisotopic (exact) mass is 302 g/mol. The minimum absolute atomic E-state index is 0.0523. The molecule has 0 saturated carbocycles. The number of nitrogens with zero attached hydrogens (tertiary/aromatic N) is 2. The van der Waals surface area contributed by atoms with Crippen LogP contribution in [0.25, 0.3) is 10.9 Å². The summed E-state index contributed by atoms with van der Waals surface area (Å²) in [5.41, 5.74) is 2.76. The van der Waals surface area contributed by atoms with Crippen LogP contribution in [0, 0.1) is 13.8 Å². The van der Waals surface area contributed by atoms with Crippen LogP contribution in [0.5, 0.6) is 0 Å². The van der Waals surface area contributed by atoms with Gasteiger partial charge in [-0.25, -0.2) is 4.79 Å². The minimum Gasteiger partial charge on any atom is -0.477 e. The van der Waals surface area contributed by atoms with Gasteiger partial charge in [-0.15, -0.1) is 0 Å². The van der Waals surface area contributed by atoms with Gasteiger partial charge in [0.1, 0.15) is 12.2 Å². The van der Waals surface area contributed by atoms with E-state index < -0.39 is 5.97 Å². The topological polar surface area (TPSA) is 62.5 Å². The van der Waals surface area contributed by atoms with Crippen molar-refractivity contribution in [1.82, 2.24) is 9.47 Å². The molecule has 1 aromatic heterocycles. The third kappa shape index (κ3) is 2.71. The van der Waals surface area contributed by atoms with Gasteiger partial charge in [0.2, 0.25) is 5.91 Å². The first kappa shape index (κ1) is 16.1. The molecule has 0 saturated heterocycles. The minimum atomic E-state index is -1.00. The van der Waals surface area contributed by atoms with E-state index in [-0.39, 0.29) is 18.1 Å². The van der Waals surface area contributed by atoms with Gasteiger partial charge in [-0.2, -0.15) is 0 Å². The molecule has 0 aliphatic carbocycles. The Balaban J connectivity index is 2.59. The molecule has 118 valence electrons. The number of carbonyl (C=O) groups is 2. The molecule has 0 fully saturated rings. The summed E-state index contributed by atoms with van der Waals surface area (Å²) in [5, 5.41) is 10.4. The van der Waals surface area contributed by atoms with Gasteiger partial charge in [0.15, 0.2) is 0 Å². The van der Waals surface area contributed by atoms with Crippen molar-refractivity contribution in [2.45, 2.75) is 34.2 Å². The zero-order chi connectivity index (χ0) is 16.4. The Morgan fingerprint density at radius 1 is 1.18 bits per heavy atom. The molecular weight excluding hydrogens is 280 g/mol. The van der Waals surface area contributed by atoms with Crippen molar-refractivity contribution in [2.24, 2.45) is 0 Å². The molecule has 2 aromatic rings. The quantitative estimate of drug-likeness (QED) is 0.923. The second kappa shape index (κ2) is 6.22. The molecular formula is C17H22N2O3. The maximum Gasteiger partial charge on any atom is 0.352 e. The number of aryl methyl sites for hydroxylation is 2. The first-order valence-electron chi connectivity index (χ1n) is 7.51. The van der Waals surface area contributed by atoms with Crippen molar-refractivity contribution in [3.05, 3.63) is 35.0 Å². The lowest BCUT2D eigenvalue weighted by Crippen LogP contribution is -2.34. The molecule has 1 N–H and O–H groups in total. The van der Waals surface area contributed by atoms with Gasteiger partial charge >= 0.3 is 5.97 Å². The lowest BCUT2D eigenvalue weighted by Gasteiger charge is -2.19. The predicted molar refractivity (Wildman–Crippen MR) is 86.3 cm³/mol. The van der Waals surface area contributed by atoms with E-state index in [4.69, 9.17) is 0 Å². The number of likely N-dealkylation sites (N-methyl/N-ethyl adjacent to an activating group) is 1. The normalized spacial score (nSPS) is 10.9. The fraction of sp³-hybridized carbons (Fsp3) is 0.412. The second-order valence-corrected chi connectivity index (χ2v) is 5.45. The van der Waals surface area contributed by atoms with Gasteiger partial charge in [0.25, 0.3) is 0 Å². The molecule has 1 heterocycles. The Bertz CT molecular complexity index is 727. The Morgan fingerprint density at radius 2 is 1.82 bits per heavy atom. The van der Waals surface area contributed by atoms with E-state index in [9.17, 15) is 14.7 Å². The first-order chi connectivity index (χ1) is 10.4. The van der Waals surface area contributed by atoms with E-state index in [1.807, 2.05) is 39.0 Å². The first-order valence-corrected chi connectivity index (χ1v) is 7.51. The van der Waals surface area contributed by atoms with Crippen molar-refractivity contribution in [3.8, 4) is 0 Å². The van der Waals surface area contributed by atoms with Crippen molar-refractivity contribution >= 4 is 22.8 Å². The van der Waals surface area contributed by atoms with Crippen LogP contribution in [0.15, 0.2) is 18.2 Å². The van der Waals surface area contributed by atoms with E-state index in [0.29, 0.717) is 18.7 Å². The third-order valence-electron chi connectivity index (χ3n) is 4.08. The number of benzene rings is 1. The summed E-state index contributed by atoms with van der Waals surface area (Å²) in [5.74, 6) is -1.07. The van der Waals surface area contributed by atoms with Crippen LogP contribution >= 0.6 is 0 Å². The Kier molecular flexibility index (Phi) is 4.54. The number of carboxylic acid groups (broad SMARTS) is 1. The predicted octanol–water partition coefficient (Wildman–Crippen LogP) is 2.82. The van der Waals surface area contributed by atoms with Crippen molar-refractivity contribution in [2.75, 3.05) is 13.1 Å². The molecule has 1 amide bonds. The van der Waals surface area contributed by atoms with Gasteiger partial charge in [0.05, 0.1) is 0 Å². The summed E-state index contributed by atoms with van der Waals surface area (Å²) in [6.07, 6.45) is 0. The highest BCUT2D eigenvalue weighted by atomic mass is 16.4. The molecule has 0 spiro atoms. The SMILES string of the molecule is CCN(CC)C(=O)Cn1c(C(=O)O)c(C)c2cc(C)ccc21. The molecule has 0 atom stereocenters. The van der Waals surface area contributed by atoms with Gasteiger partial charge < -0.3 is 14.6 Å². The summed E-state index contributed by atoms with van der Waals surface area (Å²) in [6.45, 7) is 8.89. The number of amides is 1. The van der Waals surface area contributed by atoms with Gasteiger partial charge in [-0.05, 0) is 45.4 Å². The number of aromatic carboxylic acids is 1. The Hall–Kier alpha value is -2.30. The second-order valence-electron chi connectivity index (χ2n) is 5.45. The summed E-state index contributed by atoms with van der Waals surface area (Å²) in [6, 6.07) is 5.79. The number of rotatable bonds is 5. The zero-order valence-electron chi connectivity index (χ0n) is 13.5. The Labute approximate surface area is 130 Å². The fourth-order valence-electron chi connectivity index (χ4n) is 2.89. The molecule has 22 heavy (non-hydrogen) atoms. The van der Waals surface area contributed by atoms with E-state index >= 15 is 0 Å². The number of carbonyl (C=O) groups excluding carboxylic acids is 1. The summed E-state index contributed by atoms with van der Waals surface area (Å²) in [7, 11) is 0. The van der Waals surface area contributed by atoms with Crippen LogP contribution < -0.4 is 0 Å². The number of hydrogen-bond acceptors (Lipinski definition) is 2. The third-order valence-corrected chi connectivity index (χ3v) is 4.08. The van der Waals surface area contributed by atoms with Crippen LogP contribution in [-0.2, 0) is 11.3 Å². The molecule has 1 aromatic carbocycles. The molecule has 5 nitrogen and oxygen atoms in total. The summed E-state index contributed by atoms with van der Waals surface area (Å²) < 4.78 is 1.62. The van der Waals surface area contributed by atoms with E-state index in [1.54, 1.807) is 16.4 Å². The lowest BCUT2D eigenvalue weighted by molar-refractivity contribution is -0.131. The number of aromatic nitrogens is 1. The molecule has 5 heteroatoms. The highest BCUT2D eigenvalue weighted by molar-refractivity contribution is 5.99. The highest BCUT2D eigenvalue weighted by Gasteiger charge is 2.22. The van der Waals surface area contributed by atoms with Crippen molar-refractivity contribution < 1.29 is 14.7 Å². The van der Waals surface area contributed by atoms with Crippen LogP contribution in [-0.4, -0.2) is 39.5 Å². The molecule has 2 rings (SSSR count). The van der Waals surface area contributed by atoms with Crippen molar-refractivity contribution in [3.63, 3.8) is 0 Å². The molecule has 0 radical (unpaired) electrons. The van der Waals surface area contributed by atoms with Crippen LogP contribution in [0.4, 0.5) is 0 Å². The van der Waals surface area contributed by atoms with Gasteiger partial charge in [0, 0.05) is 24.0 Å².